The zero-order valence-corrected chi connectivity index (χ0v) is 25.2. The summed E-state index contributed by atoms with van der Waals surface area (Å²) in [5, 5.41) is 0. The van der Waals surface area contributed by atoms with Crippen molar-refractivity contribution in [3.05, 3.63) is 112 Å². The Labute approximate surface area is 267 Å². The molecule has 1 amide bonds. The zero-order chi connectivity index (χ0) is 35.3. The van der Waals surface area contributed by atoms with E-state index in [-0.39, 0.29) is 34.1 Å². The first-order valence-electron chi connectivity index (χ1n) is 14.2. The molecule has 1 aliphatic rings. The maximum absolute atomic E-state index is 15.3. The molecule has 0 unspecified atom stereocenters. The number of rotatable bonds is 6. The van der Waals surface area contributed by atoms with Gasteiger partial charge in [0.25, 0.3) is 0 Å². The summed E-state index contributed by atoms with van der Waals surface area (Å²) in [6.07, 6.45) is -18.0. The number of ether oxygens (including phenoxy) is 2. The molecular weight excluding hydrogens is 660 g/mol. The number of amides is 1. The number of halogens is 10. The van der Waals surface area contributed by atoms with Crippen LogP contribution in [0.1, 0.15) is 46.4 Å². The summed E-state index contributed by atoms with van der Waals surface area (Å²) in [7, 11) is 1.23. The van der Waals surface area contributed by atoms with Crippen molar-refractivity contribution in [2.75, 3.05) is 7.11 Å². The van der Waals surface area contributed by atoms with Crippen molar-refractivity contribution in [1.82, 2.24) is 4.90 Å². The first-order valence-corrected chi connectivity index (χ1v) is 14.2. The van der Waals surface area contributed by atoms with E-state index in [4.69, 9.17) is 9.47 Å². The minimum Gasteiger partial charge on any atom is -0.496 e. The van der Waals surface area contributed by atoms with E-state index < -0.39 is 71.4 Å². The largest absolute Gasteiger partial charge is 0.496 e. The molecule has 0 spiro atoms. The molecule has 4 aromatic carbocycles. The minimum atomic E-state index is -5.17. The van der Waals surface area contributed by atoms with Gasteiger partial charge in [-0.15, -0.1) is 0 Å². The highest BCUT2D eigenvalue weighted by Crippen LogP contribution is 2.44. The van der Waals surface area contributed by atoms with Crippen LogP contribution >= 0.6 is 0 Å². The summed E-state index contributed by atoms with van der Waals surface area (Å²) >= 11 is 0. The van der Waals surface area contributed by atoms with Gasteiger partial charge in [-0.1, -0.05) is 30.3 Å². The molecule has 1 heterocycles. The van der Waals surface area contributed by atoms with Crippen LogP contribution in [0.5, 0.6) is 5.75 Å². The van der Waals surface area contributed by atoms with Crippen molar-refractivity contribution in [1.29, 1.82) is 0 Å². The number of carbonyl (C=O) groups is 1. The Kier molecular flexibility index (Phi) is 8.91. The van der Waals surface area contributed by atoms with E-state index in [1.807, 2.05) is 0 Å². The second kappa shape index (κ2) is 12.4. The van der Waals surface area contributed by atoms with E-state index in [1.54, 1.807) is 31.2 Å². The van der Waals surface area contributed by atoms with Crippen LogP contribution in [0.3, 0.4) is 0 Å². The van der Waals surface area contributed by atoms with Gasteiger partial charge in [0.1, 0.15) is 17.7 Å². The van der Waals surface area contributed by atoms with Gasteiger partial charge in [-0.25, -0.2) is 9.18 Å². The third kappa shape index (κ3) is 6.78. The lowest BCUT2D eigenvalue weighted by atomic mass is 9.91. The summed E-state index contributed by atoms with van der Waals surface area (Å²) < 4.78 is 149. The Bertz CT molecular complexity index is 1830. The molecule has 4 nitrogen and oxygen atoms in total. The fourth-order valence-corrected chi connectivity index (χ4v) is 5.67. The fourth-order valence-electron chi connectivity index (χ4n) is 5.67. The normalized spacial score (nSPS) is 17.1. The number of hydrogen-bond donors (Lipinski definition) is 0. The summed E-state index contributed by atoms with van der Waals surface area (Å²) in [4.78, 5) is 14.0. The average Bonchev–Trinajstić information content (AvgIpc) is 3.28. The van der Waals surface area contributed by atoms with Gasteiger partial charge in [-0.05, 0) is 78.1 Å². The molecule has 0 bridgehead atoms. The lowest BCUT2D eigenvalue weighted by Gasteiger charge is -2.24. The number of aryl methyl sites for hydroxylation is 1. The van der Waals surface area contributed by atoms with Crippen molar-refractivity contribution < 1.29 is 58.2 Å². The van der Waals surface area contributed by atoms with Crippen LogP contribution in [0.4, 0.5) is 48.7 Å². The molecule has 0 aromatic heterocycles. The molecule has 0 N–H and O–H groups in total. The number of cyclic esters (lactones) is 1. The predicted octanol–water partition coefficient (Wildman–Crippen LogP) is 10.6. The van der Waals surface area contributed by atoms with E-state index in [9.17, 15) is 44.3 Å². The standard InChI is InChI=1S/C34H25F10NO3/c1-17-6-4-5-7-24(17)26-14-27(29(47-3)15-28(26)35)25-9-8-21(32(36,37)38)12-20(25)16-45-18(2)30(48-31(45)46)19-10-22(33(39,40)41)13-23(11-19)34(42,43)44/h4-15,18,30H,16H2,1-3H3/t18-,30-/m0/s1. The van der Waals surface area contributed by atoms with Gasteiger partial charge in [0.15, 0.2) is 0 Å². The van der Waals surface area contributed by atoms with Crippen molar-refractivity contribution in [3.63, 3.8) is 0 Å². The molecule has 254 valence electrons. The first kappa shape index (κ1) is 34.6. The van der Waals surface area contributed by atoms with Gasteiger partial charge in [-0.2, -0.15) is 39.5 Å². The molecule has 2 atom stereocenters. The lowest BCUT2D eigenvalue weighted by Crippen LogP contribution is -2.32. The Morgan fingerprint density at radius 3 is 1.90 bits per heavy atom. The highest BCUT2D eigenvalue weighted by Gasteiger charge is 2.44. The number of alkyl halides is 9. The molecule has 0 saturated carbocycles. The highest BCUT2D eigenvalue weighted by molar-refractivity contribution is 5.81. The van der Waals surface area contributed by atoms with Gasteiger partial charge >= 0.3 is 24.6 Å². The lowest BCUT2D eigenvalue weighted by molar-refractivity contribution is -0.143. The highest BCUT2D eigenvalue weighted by atomic mass is 19.4. The molecule has 5 rings (SSSR count). The van der Waals surface area contributed by atoms with Crippen LogP contribution in [0.2, 0.25) is 0 Å². The Morgan fingerprint density at radius 2 is 1.33 bits per heavy atom. The van der Waals surface area contributed by atoms with Gasteiger partial charge in [0.2, 0.25) is 0 Å². The number of nitrogens with zero attached hydrogens (tertiary/aromatic N) is 1. The Hall–Kier alpha value is -4.75. The molecule has 48 heavy (non-hydrogen) atoms. The molecule has 0 aliphatic carbocycles. The number of methoxy groups -OCH3 is 1. The molecule has 4 aromatic rings. The molecule has 0 radical (unpaired) electrons. The van der Waals surface area contributed by atoms with E-state index in [2.05, 4.69) is 0 Å². The topological polar surface area (TPSA) is 38.8 Å². The van der Waals surface area contributed by atoms with Gasteiger partial charge in [0, 0.05) is 17.2 Å². The van der Waals surface area contributed by atoms with Crippen LogP contribution in [-0.2, 0) is 29.8 Å². The number of carbonyl (C=O) groups excluding carboxylic acids is 1. The van der Waals surface area contributed by atoms with Crippen LogP contribution in [-0.4, -0.2) is 24.1 Å². The quantitative estimate of drug-likeness (QED) is 0.190. The van der Waals surface area contributed by atoms with Crippen molar-refractivity contribution in [2.24, 2.45) is 0 Å². The second-order valence-electron chi connectivity index (χ2n) is 11.2. The molecule has 1 fully saturated rings. The maximum atomic E-state index is 15.3. The third-order valence-electron chi connectivity index (χ3n) is 8.12. The minimum absolute atomic E-state index is 0.0515. The third-order valence-corrected chi connectivity index (χ3v) is 8.12. The second-order valence-corrected chi connectivity index (χ2v) is 11.2. The monoisotopic (exact) mass is 685 g/mol. The van der Waals surface area contributed by atoms with Crippen molar-refractivity contribution in [2.45, 2.75) is 51.1 Å². The summed E-state index contributed by atoms with van der Waals surface area (Å²) in [5.41, 5.74) is -3.54. The maximum Gasteiger partial charge on any atom is 0.416 e. The van der Waals surface area contributed by atoms with E-state index in [0.29, 0.717) is 23.3 Å². The summed E-state index contributed by atoms with van der Waals surface area (Å²) in [5.74, 6) is -0.735. The van der Waals surface area contributed by atoms with Crippen molar-refractivity contribution >= 4 is 6.09 Å². The SMILES string of the molecule is COc1cc(F)c(-c2ccccc2C)cc1-c1ccc(C(F)(F)F)cc1CN1C(=O)O[C@H](c2cc(C(F)(F)F)cc(C(F)(F)F)c2)[C@@H]1C. The molecule has 14 heteroatoms. The van der Waals surface area contributed by atoms with Gasteiger partial charge < -0.3 is 9.47 Å². The Morgan fingerprint density at radius 1 is 0.729 bits per heavy atom. The van der Waals surface area contributed by atoms with Crippen LogP contribution in [0, 0.1) is 12.7 Å². The van der Waals surface area contributed by atoms with E-state index in [0.717, 1.165) is 29.2 Å². The fraction of sp³-hybridized carbons (Fsp3) is 0.265. The first-order chi connectivity index (χ1) is 22.3. The number of hydrogen-bond acceptors (Lipinski definition) is 3. The average molecular weight is 686 g/mol. The molecule has 1 aliphatic heterocycles. The van der Waals surface area contributed by atoms with Gasteiger partial charge in [-0.3, -0.25) is 4.90 Å². The van der Waals surface area contributed by atoms with Crippen LogP contribution < -0.4 is 4.74 Å². The Balaban J connectivity index is 1.61. The van der Waals surface area contributed by atoms with Crippen LogP contribution in [0.15, 0.2) is 72.8 Å². The number of benzene rings is 4. The predicted molar refractivity (Wildman–Crippen MR) is 154 cm³/mol. The summed E-state index contributed by atoms with van der Waals surface area (Å²) in [6, 6.07) is 11.5. The molecule has 1 saturated heterocycles. The smallest absolute Gasteiger partial charge is 0.416 e. The van der Waals surface area contributed by atoms with E-state index >= 15 is 4.39 Å². The summed E-state index contributed by atoms with van der Waals surface area (Å²) in [6.45, 7) is 2.41. The van der Waals surface area contributed by atoms with Crippen LogP contribution in [0.25, 0.3) is 22.3 Å². The molecular formula is C34H25F10NO3. The van der Waals surface area contributed by atoms with Crippen molar-refractivity contribution in [3.8, 4) is 28.0 Å². The van der Waals surface area contributed by atoms with E-state index in [1.165, 1.54) is 20.1 Å². The zero-order valence-electron chi connectivity index (χ0n) is 25.2. The van der Waals surface area contributed by atoms with Gasteiger partial charge in [0.05, 0.1) is 36.4 Å².